The first kappa shape index (κ1) is 12.9. The molecule has 0 saturated heterocycles. The summed E-state index contributed by atoms with van der Waals surface area (Å²) in [4.78, 5) is 11.8. The second-order valence-electron chi connectivity index (χ2n) is 4.96. The van der Waals surface area contributed by atoms with E-state index in [0.29, 0.717) is 5.56 Å². The van der Waals surface area contributed by atoms with Gasteiger partial charge in [0.2, 0.25) is 0 Å². The van der Waals surface area contributed by atoms with Crippen molar-refractivity contribution in [3.05, 3.63) is 29.8 Å². The average Bonchev–Trinajstić information content (AvgIpc) is 3.20. The zero-order valence-corrected chi connectivity index (χ0v) is 10.6. The molecule has 98 valence electrons. The summed E-state index contributed by atoms with van der Waals surface area (Å²) >= 11 is 0. The van der Waals surface area contributed by atoms with Gasteiger partial charge >= 0.3 is 0 Å². The van der Waals surface area contributed by atoms with Crippen LogP contribution in [0.25, 0.3) is 0 Å². The Morgan fingerprint density at radius 1 is 1.39 bits per heavy atom. The fourth-order valence-electron chi connectivity index (χ4n) is 1.68. The van der Waals surface area contributed by atoms with Crippen LogP contribution in [0.3, 0.4) is 0 Å². The molecule has 1 amide bonds. The van der Waals surface area contributed by atoms with Gasteiger partial charge in [-0.15, -0.1) is 0 Å². The Bertz CT molecular complexity index is 399. The Hall–Kier alpha value is -1.55. The van der Waals surface area contributed by atoms with Crippen LogP contribution in [0.1, 0.15) is 30.1 Å². The van der Waals surface area contributed by atoms with E-state index in [0.717, 1.165) is 18.2 Å². The Morgan fingerprint density at radius 3 is 2.61 bits per heavy atom. The molecule has 2 rings (SSSR count). The van der Waals surface area contributed by atoms with Crippen LogP contribution in [0.15, 0.2) is 24.3 Å². The minimum absolute atomic E-state index is 0.0488. The molecule has 0 bridgehead atoms. The number of rotatable bonds is 6. The molecule has 1 aromatic carbocycles. The van der Waals surface area contributed by atoms with Crippen molar-refractivity contribution >= 4 is 11.6 Å². The van der Waals surface area contributed by atoms with E-state index in [9.17, 15) is 4.79 Å². The lowest BCUT2D eigenvalue weighted by atomic mass is 10.2. The highest BCUT2D eigenvalue weighted by Gasteiger charge is 2.20. The van der Waals surface area contributed by atoms with Gasteiger partial charge in [0, 0.05) is 23.8 Å². The van der Waals surface area contributed by atoms with E-state index in [1.54, 1.807) is 19.1 Å². The van der Waals surface area contributed by atoms with Crippen molar-refractivity contribution in [3.63, 3.8) is 0 Å². The average molecular weight is 248 g/mol. The summed E-state index contributed by atoms with van der Waals surface area (Å²) in [7, 11) is 0. The topological polar surface area (TPSA) is 61.4 Å². The predicted octanol–water partition coefficient (Wildman–Crippen LogP) is 1.62. The second kappa shape index (κ2) is 5.87. The molecule has 0 aromatic heterocycles. The van der Waals surface area contributed by atoms with Gasteiger partial charge in [0.25, 0.3) is 5.91 Å². The number of anilines is 1. The maximum absolute atomic E-state index is 11.8. The number of carbonyl (C=O) groups is 1. The first-order valence-corrected chi connectivity index (χ1v) is 6.44. The molecule has 0 aliphatic heterocycles. The predicted molar refractivity (Wildman–Crippen MR) is 71.7 cm³/mol. The van der Waals surface area contributed by atoms with Gasteiger partial charge in [-0.3, -0.25) is 4.79 Å². The third-order valence-corrected chi connectivity index (χ3v) is 3.09. The molecule has 0 spiro atoms. The first-order chi connectivity index (χ1) is 8.69. The number of hydrogen-bond donors (Lipinski definition) is 3. The number of amides is 1. The van der Waals surface area contributed by atoms with Crippen molar-refractivity contribution in [2.24, 2.45) is 5.92 Å². The highest BCUT2D eigenvalue weighted by Crippen LogP contribution is 2.28. The molecule has 0 radical (unpaired) electrons. The van der Waals surface area contributed by atoms with Crippen molar-refractivity contribution in [2.45, 2.75) is 25.8 Å². The smallest absolute Gasteiger partial charge is 0.251 e. The van der Waals surface area contributed by atoms with E-state index in [1.165, 1.54) is 12.8 Å². The van der Waals surface area contributed by atoms with Crippen LogP contribution in [-0.4, -0.2) is 30.2 Å². The maximum atomic E-state index is 11.8. The van der Waals surface area contributed by atoms with Crippen molar-refractivity contribution < 1.29 is 9.90 Å². The molecule has 1 saturated carbocycles. The van der Waals surface area contributed by atoms with Gasteiger partial charge in [-0.05, 0) is 49.9 Å². The molecule has 1 fully saturated rings. The minimum Gasteiger partial charge on any atom is -0.394 e. The van der Waals surface area contributed by atoms with E-state index < -0.39 is 0 Å². The number of aliphatic hydroxyl groups is 1. The number of carbonyl (C=O) groups excluding carboxylic acids is 1. The summed E-state index contributed by atoms with van der Waals surface area (Å²) in [6.07, 6.45) is 2.65. The van der Waals surface area contributed by atoms with Crippen molar-refractivity contribution in [1.82, 2.24) is 5.32 Å². The van der Waals surface area contributed by atoms with Gasteiger partial charge in [-0.25, -0.2) is 0 Å². The summed E-state index contributed by atoms with van der Waals surface area (Å²) in [5.74, 6) is 0.684. The number of benzene rings is 1. The van der Waals surface area contributed by atoms with Crippen molar-refractivity contribution in [3.8, 4) is 0 Å². The highest BCUT2D eigenvalue weighted by molar-refractivity contribution is 5.94. The van der Waals surface area contributed by atoms with Crippen LogP contribution >= 0.6 is 0 Å². The zero-order valence-electron chi connectivity index (χ0n) is 10.6. The normalized spacial score (nSPS) is 16.1. The largest absolute Gasteiger partial charge is 0.394 e. The van der Waals surface area contributed by atoms with E-state index >= 15 is 0 Å². The number of aliphatic hydroxyl groups excluding tert-OH is 1. The molecule has 1 aliphatic carbocycles. The molecule has 0 heterocycles. The lowest BCUT2D eigenvalue weighted by Crippen LogP contribution is -2.34. The van der Waals surface area contributed by atoms with Gasteiger partial charge in [0.05, 0.1) is 6.61 Å². The van der Waals surface area contributed by atoms with Crippen LogP contribution < -0.4 is 10.6 Å². The molecule has 1 atom stereocenters. The molecule has 3 N–H and O–H groups in total. The quantitative estimate of drug-likeness (QED) is 0.717. The highest BCUT2D eigenvalue weighted by atomic mass is 16.3. The third kappa shape index (κ3) is 3.74. The molecule has 18 heavy (non-hydrogen) atoms. The van der Waals surface area contributed by atoms with Crippen LogP contribution in [0.2, 0.25) is 0 Å². The van der Waals surface area contributed by atoms with Crippen LogP contribution in [0.4, 0.5) is 5.69 Å². The third-order valence-electron chi connectivity index (χ3n) is 3.09. The zero-order chi connectivity index (χ0) is 13.0. The van der Waals surface area contributed by atoms with Crippen molar-refractivity contribution in [1.29, 1.82) is 0 Å². The summed E-state index contributed by atoms with van der Waals surface area (Å²) in [6.45, 7) is 2.74. The Morgan fingerprint density at radius 2 is 2.06 bits per heavy atom. The van der Waals surface area contributed by atoms with E-state index in [-0.39, 0.29) is 18.6 Å². The molecular formula is C14H20N2O2. The summed E-state index contributed by atoms with van der Waals surface area (Å²) in [5, 5.41) is 14.9. The van der Waals surface area contributed by atoms with Crippen molar-refractivity contribution in [2.75, 3.05) is 18.5 Å². The second-order valence-corrected chi connectivity index (χ2v) is 4.96. The molecular weight excluding hydrogens is 228 g/mol. The van der Waals surface area contributed by atoms with Crippen LogP contribution in [0, 0.1) is 5.92 Å². The standard InChI is InChI=1S/C14H20N2O2/c1-10(9-17)16-14(18)12-4-6-13(7-5-12)15-8-11-2-3-11/h4-7,10-11,15,17H,2-3,8-9H2,1H3,(H,16,18). The minimum atomic E-state index is -0.217. The maximum Gasteiger partial charge on any atom is 0.251 e. The van der Waals surface area contributed by atoms with Gasteiger partial charge in [-0.1, -0.05) is 0 Å². The molecule has 1 aliphatic rings. The lowest BCUT2D eigenvalue weighted by molar-refractivity contribution is 0.0922. The monoisotopic (exact) mass is 248 g/mol. The lowest BCUT2D eigenvalue weighted by Gasteiger charge is -2.11. The molecule has 4 nitrogen and oxygen atoms in total. The summed E-state index contributed by atoms with van der Waals surface area (Å²) < 4.78 is 0. The fraction of sp³-hybridized carbons (Fsp3) is 0.500. The summed E-state index contributed by atoms with van der Waals surface area (Å²) in [5.41, 5.74) is 1.67. The number of hydrogen-bond acceptors (Lipinski definition) is 3. The molecule has 4 heteroatoms. The van der Waals surface area contributed by atoms with E-state index in [2.05, 4.69) is 10.6 Å². The fourth-order valence-corrected chi connectivity index (χ4v) is 1.68. The first-order valence-electron chi connectivity index (χ1n) is 6.44. The van der Waals surface area contributed by atoms with Gasteiger partial charge in [0.15, 0.2) is 0 Å². The Labute approximate surface area is 107 Å². The Kier molecular flexibility index (Phi) is 4.20. The van der Waals surface area contributed by atoms with Gasteiger partial charge in [-0.2, -0.15) is 0 Å². The SMILES string of the molecule is CC(CO)NC(=O)c1ccc(NCC2CC2)cc1. The Balaban J connectivity index is 1.87. The summed E-state index contributed by atoms with van der Waals surface area (Å²) in [6, 6.07) is 7.22. The molecule has 1 aromatic rings. The van der Waals surface area contributed by atoms with Gasteiger partial charge in [0.1, 0.15) is 0 Å². The number of nitrogens with one attached hydrogen (secondary N) is 2. The van der Waals surface area contributed by atoms with Crippen LogP contribution in [0.5, 0.6) is 0 Å². The van der Waals surface area contributed by atoms with Gasteiger partial charge < -0.3 is 15.7 Å². The molecule has 1 unspecified atom stereocenters. The van der Waals surface area contributed by atoms with Crippen LogP contribution in [-0.2, 0) is 0 Å². The van der Waals surface area contributed by atoms with E-state index in [4.69, 9.17) is 5.11 Å². The van der Waals surface area contributed by atoms with E-state index in [1.807, 2.05) is 12.1 Å².